The van der Waals surface area contributed by atoms with Crippen LogP contribution in [0.4, 0.5) is 0 Å². The second-order valence-electron chi connectivity index (χ2n) is 5.57. The van der Waals surface area contributed by atoms with E-state index in [-0.39, 0.29) is 11.3 Å². The maximum Gasteiger partial charge on any atom is 0.265 e. The van der Waals surface area contributed by atoms with Crippen molar-refractivity contribution in [2.24, 2.45) is 0 Å². The van der Waals surface area contributed by atoms with E-state index in [1.165, 1.54) is 6.07 Å². The molecule has 0 aliphatic heterocycles. The van der Waals surface area contributed by atoms with Crippen LogP contribution in [-0.2, 0) is 0 Å². The molecule has 0 fully saturated rings. The molecule has 3 N–H and O–H groups in total. The smallest absolute Gasteiger partial charge is 0.265 e. The number of hydrogen-bond acceptors (Lipinski definition) is 3. The third-order valence-electron chi connectivity index (χ3n) is 2.66. The first-order valence-corrected chi connectivity index (χ1v) is 6.44. The molecule has 1 heterocycles. The van der Waals surface area contributed by atoms with Crippen molar-refractivity contribution in [2.75, 3.05) is 0 Å². The number of carbonyl (C=O) groups is 1. The minimum absolute atomic E-state index is 0.297. The molecule has 5 nitrogen and oxygen atoms in total. The Bertz CT molecular complexity index is 744. The highest BCUT2D eigenvalue weighted by atomic mass is 35.5. The average molecular weight is 295 g/mol. The van der Waals surface area contributed by atoms with E-state index in [4.69, 9.17) is 11.6 Å². The van der Waals surface area contributed by atoms with Crippen molar-refractivity contribution in [3.05, 3.63) is 39.1 Å². The first-order valence-electron chi connectivity index (χ1n) is 6.06. The summed E-state index contributed by atoms with van der Waals surface area (Å²) in [4.78, 5) is 26.6. The molecule has 6 heteroatoms. The summed E-state index contributed by atoms with van der Waals surface area (Å²) in [6, 6.07) is 4.65. The molecule has 1 amide bonds. The van der Waals surface area contributed by atoms with Crippen LogP contribution in [0.5, 0.6) is 5.75 Å². The molecule has 0 bridgehead atoms. The number of rotatable bonds is 1. The number of fused-ring (bicyclic) bond motifs is 1. The molecule has 106 valence electrons. The fraction of sp³-hybridized carbons (Fsp3) is 0.286. The van der Waals surface area contributed by atoms with Crippen molar-refractivity contribution in [2.45, 2.75) is 26.3 Å². The number of aromatic amines is 1. The zero-order chi connectivity index (χ0) is 15.1. The molecule has 2 aromatic rings. The number of aromatic hydroxyl groups is 1. The Kier molecular flexibility index (Phi) is 3.48. The second kappa shape index (κ2) is 4.83. The fourth-order valence-electron chi connectivity index (χ4n) is 1.87. The Morgan fingerprint density at radius 3 is 2.60 bits per heavy atom. The molecular formula is C14H15ClN2O3. The van der Waals surface area contributed by atoms with Crippen LogP contribution < -0.4 is 10.9 Å². The summed E-state index contributed by atoms with van der Waals surface area (Å²) in [5.74, 6) is -0.963. The third kappa shape index (κ3) is 2.77. The lowest BCUT2D eigenvalue weighted by Crippen LogP contribution is -2.42. The van der Waals surface area contributed by atoms with Crippen LogP contribution in [-0.4, -0.2) is 21.5 Å². The Hall–Kier alpha value is -2.01. The maximum atomic E-state index is 12.1. The van der Waals surface area contributed by atoms with Crippen LogP contribution in [0, 0.1) is 0 Å². The maximum absolute atomic E-state index is 12.1. The lowest BCUT2D eigenvalue weighted by Gasteiger charge is -2.20. The van der Waals surface area contributed by atoms with Crippen molar-refractivity contribution in [3.8, 4) is 5.75 Å². The highest BCUT2D eigenvalue weighted by Crippen LogP contribution is 2.27. The van der Waals surface area contributed by atoms with Gasteiger partial charge >= 0.3 is 0 Å². The Labute approximate surface area is 120 Å². The summed E-state index contributed by atoms with van der Waals surface area (Å²) in [6.45, 7) is 5.37. The van der Waals surface area contributed by atoms with E-state index in [0.717, 1.165) is 0 Å². The molecular weight excluding hydrogens is 280 g/mol. The van der Waals surface area contributed by atoms with Crippen LogP contribution in [0.2, 0.25) is 5.02 Å². The topological polar surface area (TPSA) is 82.2 Å². The van der Waals surface area contributed by atoms with Crippen molar-refractivity contribution >= 4 is 28.4 Å². The molecule has 2 rings (SSSR count). The van der Waals surface area contributed by atoms with Gasteiger partial charge in [0.15, 0.2) is 0 Å². The van der Waals surface area contributed by atoms with Crippen molar-refractivity contribution < 1.29 is 9.90 Å². The summed E-state index contributed by atoms with van der Waals surface area (Å²) in [5, 5.41) is 13.6. The number of hydrogen-bond donors (Lipinski definition) is 3. The molecule has 0 atom stereocenters. The number of aromatic nitrogens is 1. The second-order valence-corrected chi connectivity index (χ2v) is 6.01. The van der Waals surface area contributed by atoms with Gasteiger partial charge in [0.1, 0.15) is 11.3 Å². The molecule has 20 heavy (non-hydrogen) atoms. The number of pyridine rings is 1. The standard InChI is InChI=1S/C14H15ClN2O3/c1-14(2,3)17-13(20)10-11(18)8-5-4-7(15)6-9(8)16-12(10)19/h4-6H,1-3H3,(H,17,20)(H2,16,18,19). The number of benzene rings is 1. The van der Waals surface area contributed by atoms with Gasteiger partial charge < -0.3 is 15.4 Å². The quantitative estimate of drug-likeness (QED) is 0.755. The number of amides is 1. The monoisotopic (exact) mass is 294 g/mol. The molecule has 0 radical (unpaired) electrons. The Balaban J connectivity index is 2.63. The van der Waals surface area contributed by atoms with Gasteiger partial charge in [-0.3, -0.25) is 9.59 Å². The predicted octanol–water partition coefficient (Wildman–Crippen LogP) is 2.42. The van der Waals surface area contributed by atoms with Crippen LogP contribution >= 0.6 is 11.6 Å². The van der Waals surface area contributed by atoms with Gasteiger partial charge in [0, 0.05) is 15.9 Å². The van der Waals surface area contributed by atoms with Gasteiger partial charge in [-0.25, -0.2) is 0 Å². The van der Waals surface area contributed by atoms with E-state index in [9.17, 15) is 14.7 Å². The van der Waals surface area contributed by atoms with Crippen molar-refractivity contribution in [1.29, 1.82) is 0 Å². The lowest BCUT2D eigenvalue weighted by molar-refractivity contribution is 0.0915. The molecule has 1 aromatic carbocycles. The Morgan fingerprint density at radius 2 is 2.00 bits per heavy atom. The van der Waals surface area contributed by atoms with E-state index in [0.29, 0.717) is 15.9 Å². The molecule has 0 aliphatic carbocycles. The van der Waals surface area contributed by atoms with Crippen molar-refractivity contribution in [3.63, 3.8) is 0 Å². The van der Waals surface area contributed by atoms with Gasteiger partial charge in [0.2, 0.25) is 0 Å². The van der Waals surface area contributed by atoms with Gasteiger partial charge in [0.05, 0.1) is 5.52 Å². The minimum atomic E-state index is -0.654. The molecule has 0 saturated heterocycles. The van der Waals surface area contributed by atoms with Crippen LogP contribution in [0.25, 0.3) is 10.9 Å². The highest BCUT2D eigenvalue weighted by Gasteiger charge is 2.22. The lowest BCUT2D eigenvalue weighted by atomic mass is 10.1. The molecule has 0 spiro atoms. The van der Waals surface area contributed by atoms with Gasteiger partial charge in [0.25, 0.3) is 11.5 Å². The molecule has 0 unspecified atom stereocenters. The van der Waals surface area contributed by atoms with E-state index in [1.54, 1.807) is 32.9 Å². The molecule has 1 aromatic heterocycles. The van der Waals surface area contributed by atoms with Gasteiger partial charge in [-0.1, -0.05) is 11.6 Å². The van der Waals surface area contributed by atoms with Crippen LogP contribution in [0.3, 0.4) is 0 Å². The zero-order valence-electron chi connectivity index (χ0n) is 11.4. The summed E-state index contributed by atoms with van der Waals surface area (Å²) >= 11 is 5.83. The molecule has 0 aliphatic rings. The van der Waals surface area contributed by atoms with E-state index >= 15 is 0 Å². The third-order valence-corrected chi connectivity index (χ3v) is 2.90. The zero-order valence-corrected chi connectivity index (χ0v) is 12.1. The van der Waals surface area contributed by atoms with Crippen LogP contribution in [0.15, 0.2) is 23.0 Å². The van der Waals surface area contributed by atoms with Gasteiger partial charge in [-0.15, -0.1) is 0 Å². The number of H-pyrrole nitrogens is 1. The number of carbonyl (C=O) groups excluding carboxylic acids is 1. The van der Waals surface area contributed by atoms with Gasteiger partial charge in [-0.2, -0.15) is 0 Å². The SMILES string of the molecule is CC(C)(C)NC(=O)c1c(O)c2ccc(Cl)cc2[nH]c1=O. The van der Waals surface area contributed by atoms with Crippen LogP contribution in [0.1, 0.15) is 31.1 Å². The van der Waals surface area contributed by atoms with E-state index < -0.39 is 17.0 Å². The van der Waals surface area contributed by atoms with Crippen molar-refractivity contribution in [1.82, 2.24) is 10.3 Å². The summed E-state index contributed by atoms with van der Waals surface area (Å²) in [6.07, 6.45) is 0. The Morgan fingerprint density at radius 1 is 1.35 bits per heavy atom. The average Bonchev–Trinajstić information content (AvgIpc) is 2.25. The minimum Gasteiger partial charge on any atom is -0.506 e. The van der Waals surface area contributed by atoms with E-state index in [1.807, 2.05) is 0 Å². The largest absolute Gasteiger partial charge is 0.506 e. The normalized spacial score (nSPS) is 11.6. The van der Waals surface area contributed by atoms with E-state index in [2.05, 4.69) is 10.3 Å². The predicted molar refractivity (Wildman–Crippen MR) is 78.5 cm³/mol. The summed E-state index contributed by atoms with van der Waals surface area (Å²) in [5.41, 5.74) is -1.08. The summed E-state index contributed by atoms with van der Waals surface area (Å²) < 4.78 is 0. The molecule has 0 saturated carbocycles. The first-order chi connectivity index (χ1) is 9.19. The highest BCUT2D eigenvalue weighted by molar-refractivity contribution is 6.31. The first kappa shape index (κ1) is 14.4. The van der Waals surface area contributed by atoms with Gasteiger partial charge in [-0.05, 0) is 39.0 Å². The summed E-state index contributed by atoms with van der Waals surface area (Å²) in [7, 11) is 0. The fourth-order valence-corrected chi connectivity index (χ4v) is 2.04. The number of nitrogens with one attached hydrogen (secondary N) is 2. The number of halogens is 1.